The van der Waals surface area contributed by atoms with Crippen molar-refractivity contribution in [1.29, 1.82) is 0 Å². The third-order valence-corrected chi connectivity index (χ3v) is 5.37. The van der Waals surface area contributed by atoms with Gasteiger partial charge in [-0.3, -0.25) is 14.9 Å². The number of ether oxygens (including phenoxy) is 3. The maximum Gasteiger partial charge on any atom is 0.411 e. The van der Waals surface area contributed by atoms with Gasteiger partial charge in [0.25, 0.3) is 0 Å². The highest BCUT2D eigenvalue weighted by atomic mass is 16.6. The van der Waals surface area contributed by atoms with Crippen molar-refractivity contribution in [2.24, 2.45) is 5.92 Å². The molecule has 9 heteroatoms. The summed E-state index contributed by atoms with van der Waals surface area (Å²) in [6, 6.07) is 16.2. The minimum Gasteiger partial charge on any atom is -0.493 e. The number of nitrogens with zero attached hydrogens (tertiary/aromatic N) is 1. The molecule has 34 heavy (non-hydrogen) atoms. The fraction of sp³-hybridized carbons (Fsp3) is 0.400. The number of carbonyl (C=O) groups excluding carboxylic acids is 3. The highest BCUT2D eigenvalue weighted by molar-refractivity contribution is 5.94. The van der Waals surface area contributed by atoms with E-state index in [4.69, 9.17) is 14.2 Å². The lowest BCUT2D eigenvalue weighted by molar-refractivity contribution is -0.135. The summed E-state index contributed by atoms with van der Waals surface area (Å²) in [5.41, 5.74) is 1.05. The number of piperidine rings is 1. The number of nitrogens with one attached hydrogen (secondary N) is 2. The lowest BCUT2D eigenvalue weighted by Gasteiger charge is -2.32. The second kappa shape index (κ2) is 13.2. The molecule has 1 aliphatic heterocycles. The maximum absolute atomic E-state index is 12.8. The Kier molecular flexibility index (Phi) is 9.72. The molecule has 1 unspecified atom stereocenters. The van der Waals surface area contributed by atoms with Crippen LogP contribution in [0.25, 0.3) is 0 Å². The second-order valence-electron chi connectivity index (χ2n) is 7.91. The van der Waals surface area contributed by atoms with Crippen LogP contribution in [0.1, 0.15) is 19.3 Å². The van der Waals surface area contributed by atoms with Crippen LogP contribution < -0.4 is 15.4 Å². The number of rotatable bonds is 10. The van der Waals surface area contributed by atoms with E-state index in [9.17, 15) is 14.4 Å². The number of hydrogen-bond donors (Lipinski definition) is 2. The molecule has 9 nitrogen and oxygen atoms in total. The predicted octanol–water partition coefficient (Wildman–Crippen LogP) is 3.53. The largest absolute Gasteiger partial charge is 0.493 e. The molecule has 1 heterocycles. The van der Waals surface area contributed by atoms with Crippen LogP contribution in [0.5, 0.6) is 5.75 Å². The molecule has 0 radical (unpaired) electrons. The van der Waals surface area contributed by atoms with E-state index in [2.05, 4.69) is 10.6 Å². The van der Waals surface area contributed by atoms with Crippen molar-refractivity contribution in [3.63, 3.8) is 0 Å². The SMILES string of the molecule is COCCOC(=O)Nc1cccc(NC(=O)C2CCCN(C(=O)CCOc3ccccc3)C2)c1. The maximum atomic E-state index is 12.8. The molecule has 1 fully saturated rings. The fourth-order valence-electron chi connectivity index (χ4n) is 3.64. The summed E-state index contributed by atoms with van der Waals surface area (Å²) in [7, 11) is 1.52. The van der Waals surface area contributed by atoms with Gasteiger partial charge in [0, 0.05) is 31.6 Å². The highest BCUT2D eigenvalue weighted by Crippen LogP contribution is 2.21. The summed E-state index contributed by atoms with van der Waals surface area (Å²) in [6.45, 7) is 1.76. The van der Waals surface area contributed by atoms with E-state index in [1.54, 1.807) is 29.2 Å². The van der Waals surface area contributed by atoms with Gasteiger partial charge in [-0.1, -0.05) is 24.3 Å². The minimum atomic E-state index is -0.599. The number of carbonyl (C=O) groups is 3. The summed E-state index contributed by atoms with van der Waals surface area (Å²) in [4.78, 5) is 39.0. The molecular formula is C25H31N3O6. The van der Waals surface area contributed by atoms with Gasteiger partial charge in [-0.15, -0.1) is 0 Å². The van der Waals surface area contributed by atoms with Gasteiger partial charge >= 0.3 is 6.09 Å². The molecule has 1 atom stereocenters. The molecule has 0 aromatic heterocycles. The van der Waals surface area contributed by atoms with Gasteiger partial charge in [0.05, 0.1) is 25.6 Å². The number of hydrogen-bond acceptors (Lipinski definition) is 6. The lowest BCUT2D eigenvalue weighted by atomic mass is 9.96. The minimum absolute atomic E-state index is 0.0217. The lowest BCUT2D eigenvalue weighted by Crippen LogP contribution is -2.44. The van der Waals surface area contributed by atoms with E-state index >= 15 is 0 Å². The zero-order chi connectivity index (χ0) is 24.2. The van der Waals surface area contributed by atoms with Crippen LogP contribution in [0.4, 0.5) is 16.2 Å². The van der Waals surface area contributed by atoms with Crippen molar-refractivity contribution in [3.05, 3.63) is 54.6 Å². The van der Waals surface area contributed by atoms with Crippen LogP contribution in [-0.4, -0.2) is 62.8 Å². The van der Waals surface area contributed by atoms with Gasteiger partial charge in [-0.2, -0.15) is 0 Å². The number of amides is 3. The van der Waals surface area contributed by atoms with Crippen molar-refractivity contribution >= 4 is 29.3 Å². The Balaban J connectivity index is 1.46. The fourth-order valence-corrected chi connectivity index (χ4v) is 3.64. The predicted molar refractivity (Wildman–Crippen MR) is 128 cm³/mol. The highest BCUT2D eigenvalue weighted by Gasteiger charge is 2.28. The third kappa shape index (κ3) is 8.08. The summed E-state index contributed by atoms with van der Waals surface area (Å²) in [5, 5.41) is 5.50. The smallest absolute Gasteiger partial charge is 0.411 e. The molecule has 2 aromatic rings. The van der Waals surface area contributed by atoms with Crippen molar-refractivity contribution in [1.82, 2.24) is 4.90 Å². The van der Waals surface area contributed by atoms with Crippen LogP contribution in [-0.2, 0) is 19.1 Å². The Labute approximate surface area is 199 Å². The Morgan fingerprint density at radius 1 is 0.971 bits per heavy atom. The summed E-state index contributed by atoms with van der Waals surface area (Å²) in [6.07, 6.45) is 1.13. The molecular weight excluding hydrogens is 438 g/mol. The molecule has 182 valence electrons. The number of likely N-dealkylation sites (tertiary alicyclic amines) is 1. The summed E-state index contributed by atoms with van der Waals surface area (Å²) in [5.74, 6) is 0.249. The van der Waals surface area contributed by atoms with Crippen LogP contribution in [0.15, 0.2) is 54.6 Å². The van der Waals surface area contributed by atoms with Crippen LogP contribution in [0.2, 0.25) is 0 Å². The zero-order valence-corrected chi connectivity index (χ0v) is 19.3. The van der Waals surface area contributed by atoms with Gasteiger partial charge in [-0.25, -0.2) is 4.79 Å². The standard InChI is InChI=1S/C25H31N3O6/c1-32-15-16-34-25(31)27-21-9-5-8-20(17-21)26-24(30)19-7-6-13-28(18-19)23(29)12-14-33-22-10-3-2-4-11-22/h2-5,8-11,17,19H,6-7,12-16,18H2,1H3,(H,26,30)(H,27,31). The first kappa shape index (κ1) is 25.0. The first-order valence-corrected chi connectivity index (χ1v) is 11.3. The van der Waals surface area contributed by atoms with E-state index < -0.39 is 6.09 Å². The van der Waals surface area contributed by atoms with E-state index in [0.717, 1.165) is 12.2 Å². The number of benzene rings is 2. The molecule has 0 saturated carbocycles. The van der Waals surface area contributed by atoms with Crippen molar-refractivity contribution in [2.45, 2.75) is 19.3 Å². The average molecular weight is 470 g/mol. The van der Waals surface area contributed by atoms with Crippen LogP contribution >= 0.6 is 0 Å². The molecule has 0 aliphatic carbocycles. The summed E-state index contributed by atoms with van der Waals surface area (Å²) < 4.78 is 15.4. The molecule has 2 aromatic carbocycles. The molecule has 0 bridgehead atoms. The molecule has 1 saturated heterocycles. The first-order chi connectivity index (χ1) is 16.5. The Morgan fingerprint density at radius 2 is 1.74 bits per heavy atom. The quantitative estimate of drug-likeness (QED) is 0.516. The van der Waals surface area contributed by atoms with Gasteiger partial charge in [-0.05, 0) is 43.2 Å². The average Bonchev–Trinajstić information content (AvgIpc) is 2.85. The zero-order valence-electron chi connectivity index (χ0n) is 19.3. The van der Waals surface area contributed by atoms with Crippen LogP contribution in [0, 0.1) is 5.92 Å². The monoisotopic (exact) mass is 469 g/mol. The molecule has 0 spiro atoms. The van der Waals surface area contributed by atoms with E-state index in [0.29, 0.717) is 44.1 Å². The topological polar surface area (TPSA) is 106 Å². The first-order valence-electron chi connectivity index (χ1n) is 11.3. The van der Waals surface area contributed by atoms with Crippen LogP contribution in [0.3, 0.4) is 0 Å². The second-order valence-corrected chi connectivity index (χ2v) is 7.91. The van der Waals surface area contributed by atoms with Crippen molar-refractivity contribution in [2.75, 3.05) is 50.7 Å². The molecule has 1 aliphatic rings. The number of anilines is 2. The van der Waals surface area contributed by atoms with Crippen molar-refractivity contribution < 1.29 is 28.6 Å². The molecule has 3 rings (SSSR count). The Morgan fingerprint density at radius 3 is 2.50 bits per heavy atom. The molecule has 3 amide bonds. The van der Waals surface area contributed by atoms with E-state index in [-0.39, 0.29) is 30.8 Å². The van der Waals surface area contributed by atoms with Gasteiger partial charge in [0.1, 0.15) is 12.4 Å². The number of para-hydroxylation sites is 1. The van der Waals surface area contributed by atoms with Gasteiger partial charge < -0.3 is 24.4 Å². The Bertz CT molecular complexity index is 953. The normalized spacial score (nSPS) is 15.3. The van der Waals surface area contributed by atoms with Crippen molar-refractivity contribution in [3.8, 4) is 5.75 Å². The third-order valence-electron chi connectivity index (χ3n) is 5.37. The van der Waals surface area contributed by atoms with E-state index in [1.165, 1.54) is 7.11 Å². The van der Waals surface area contributed by atoms with Gasteiger partial charge in [0.15, 0.2) is 0 Å². The number of methoxy groups -OCH3 is 1. The van der Waals surface area contributed by atoms with Gasteiger partial charge in [0.2, 0.25) is 11.8 Å². The summed E-state index contributed by atoms with van der Waals surface area (Å²) >= 11 is 0. The Hall–Kier alpha value is -3.59. The molecule has 2 N–H and O–H groups in total. The van der Waals surface area contributed by atoms with E-state index in [1.807, 2.05) is 30.3 Å².